The van der Waals surface area contributed by atoms with Gasteiger partial charge in [0.1, 0.15) is 0 Å². The van der Waals surface area contributed by atoms with Gasteiger partial charge in [0.05, 0.1) is 17.0 Å². The molecule has 8 nitrogen and oxygen atoms in total. The van der Waals surface area contributed by atoms with Gasteiger partial charge in [-0.3, -0.25) is 9.59 Å². The second kappa shape index (κ2) is 9.93. The van der Waals surface area contributed by atoms with Crippen LogP contribution in [0.1, 0.15) is 37.0 Å². The zero-order chi connectivity index (χ0) is 22.4. The highest BCUT2D eigenvalue weighted by Crippen LogP contribution is 2.22. The van der Waals surface area contributed by atoms with Crippen molar-refractivity contribution in [2.75, 3.05) is 30.3 Å². The van der Waals surface area contributed by atoms with Gasteiger partial charge < -0.3 is 16.0 Å². The van der Waals surface area contributed by atoms with Crippen molar-refractivity contribution >= 4 is 33.2 Å². The van der Waals surface area contributed by atoms with Crippen molar-refractivity contribution in [3.63, 3.8) is 0 Å². The van der Waals surface area contributed by atoms with Crippen LogP contribution in [0.3, 0.4) is 0 Å². The molecule has 166 valence electrons. The second-order valence-corrected chi connectivity index (χ2v) is 9.25. The van der Waals surface area contributed by atoms with Crippen molar-refractivity contribution in [3.8, 4) is 0 Å². The first kappa shape index (κ1) is 22.8. The number of hydrogen-bond acceptors (Lipinski definition) is 5. The van der Waals surface area contributed by atoms with E-state index in [0.29, 0.717) is 30.0 Å². The summed E-state index contributed by atoms with van der Waals surface area (Å²) < 4.78 is 26.5. The average Bonchev–Trinajstić information content (AvgIpc) is 3.57. The lowest BCUT2D eigenvalue weighted by Crippen LogP contribution is -2.30. The van der Waals surface area contributed by atoms with E-state index in [4.69, 9.17) is 0 Å². The van der Waals surface area contributed by atoms with Crippen molar-refractivity contribution in [3.05, 3.63) is 54.1 Å². The molecule has 0 radical (unpaired) electrons. The van der Waals surface area contributed by atoms with E-state index >= 15 is 0 Å². The van der Waals surface area contributed by atoms with Crippen LogP contribution in [0.25, 0.3) is 0 Å². The molecule has 0 heterocycles. The minimum absolute atomic E-state index is 0.0345. The molecule has 0 saturated heterocycles. The van der Waals surface area contributed by atoms with Gasteiger partial charge in [-0.25, -0.2) is 8.42 Å². The van der Waals surface area contributed by atoms with Crippen LogP contribution in [0.15, 0.2) is 53.4 Å². The molecule has 1 fully saturated rings. The third kappa shape index (κ3) is 5.83. The summed E-state index contributed by atoms with van der Waals surface area (Å²) >= 11 is 0. The van der Waals surface area contributed by atoms with Crippen LogP contribution in [0.5, 0.6) is 0 Å². The van der Waals surface area contributed by atoms with Gasteiger partial charge in [-0.1, -0.05) is 26.0 Å². The first-order chi connectivity index (χ1) is 14.8. The van der Waals surface area contributed by atoms with Crippen LogP contribution < -0.4 is 16.0 Å². The summed E-state index contributed by atoms with van der Waals surface area (Å²) in [5.41, 5.74) is 1.56. The molecule has 1 aliphatic rings. The maximum Gasteiger partial charge on any atom is 0.253 e. The summed E-state index contributed by atoms with van der Waals surface area (Å²) in [7, 11) is -3.54. The number of hydrogen-bond donors (Lipinski definition) is 3. The number of rotatable bonds is 10. The lowest BCUT2D eigenvalue weighted by molar-refractivity contribution is -0.114. The summed E-state index contributed by atoms with van der Waals surface area (Å²) in [6.07, 6.45) is 2.00. The highest BCUT2D eigenvalue weighted by Gasteiger charge is 2.25. The fourth-order valence-electron chi connectivity index (χ4n) is 3.13. The van der Waals surface area contributed by atoms with E-state index in [1.807, 2.05) is 0 Å². The third-order valence-corrected chi connectivity index (χ3v) is 7.07. The Morgan fingerprint density at radius 3 is 2.26 bits per heavy atom. The summed E-state index contributed by atoms with van der Waals surface area (Å²) in [6, 6.07) is 13.4. The molecule has 2 amide bonds. The number of nitrogens with zero attached hydrogens (tertiary/aromatic N) is 1. The summed E-state index contributed by atoms with van der Waals surface area (Å²) in [5, 5.41) is 8.67. The molecule has 0 unspecified atom stereocenters. The molecule has 0 aliphatic heterocycles. The van der Waals surface area contributed by atoms with E-state index in [9.17, 15) is 18.0 Å². The first-order valence-corrected chi connectivity index (χ1v) is 11.8. The van der Waals surface area contributed by atoms with Crippen molar-refractivity contribution in [1.29, 1.82) is 0 Å². The van der Waals surface area contributed by atoms with E-state index < -0.39 is 10.0 Å². The quantitative estimate of drug-likeness (QED) is 0.522. The number of anilines is 2. The SMILES string of the molecule is CCN(CC)S(=O)(=O)c1ccc(NC(=O)CNc2ccccc2C(=O)NC2CC2)cc1. The summed E-state index contributed by atoms with van der Waals surface area (Å²) in [6.45, 7) is 4.33. The molecule has 31 heavy (non-hydrogen) atoms. The maximum atomic E-state index is 12.5. The van der Waals surface area contributed by atoms with Gasteiger partial charge in [-0.05, 0) is 49.2 Å². The topological polar surface area (TPSA) is 108 Å². The van der Waals surface area contributed by atoms with E-state index in [-0.39, 0.29) is 29.3 Å². The molecule has 3 N–H and O–H groups in total. The average molecular weight is 445 g/mol. The Bertz CT molecular complexity index is 1030. The number of para-hydroxylation sites is 1. The predicted octanol–water partition coefficient (Wildman–Crippen LogP) is 2.66. The van der Waals surface area contributed by atoms with Crippen LogP contribution in [-0.2, 0) is 14.8 Å². The Morgan fingerprint density at radius 1 is 1.00 bits per heavy atom. The smallest absolute Gasteiger partial charge is 0.253 e. The van der Waals surface area contributed by atoms with Crippen molar-refractivity contribution in [2.45, 2.75) is 37.6 Å². The van der Waals surface area contributed by atoms with Crippen LogP contribution >= 0.6 is 0 Å². The number of carbonyl (C=O) groups excluding carboxylic acids is 2. The molecule has 0 atom stereocenters. The molecule has 0 spiro atoms. The molecule has 0 bridgehead atoms. The molecule has 9 heteroatoms. The molecule has 2 aromatic rings. The molecule has 0 aromatic heterocycles. The predicted molar refractivity (Wildman–Crippen MR) is 121 cm³/mol. The zero-order valence-electron chi connectivity index (χ0n) is 17.7. The van der Waals surface area contributed by atoms with Crippen molar-refractivity contribution < 1.29 is 18.0 Å². The molecular formula is C22H28N4O4S. The maximum absolute atomic E-state index is 12.5. The Labute approximate surface area is 183 Å². The van der Waals surface area contributed by atoms with Crippen molar-refractivity contribution in [1.82, 2.24) is 9.62 Å². The Hall–Kier alpha value is -2.91. The third-order valence-electron chi connectivity index (χ3n) is 5.00. The van der Waals surface area contributed by atoms with Gasteiger partial charge >= 0.3 is 0 Å². The lowest BCUT2D eigenvalue weighted by Gasteiger charge is -2.18. The molecule has 3 rings (SSSR count). The second-order valence-electron chi connectivity index (χ2n) is 7.31. The largest absolute Gasteiger partial charge is 0.376 e. The van der Waals surface area contributed by atoms with Crippen molar-refractivity contribution in [2.24, 2.45) is 0 Å². The van der Waals surface area contributed by atoms with Crippen LogP contribution in [0.2, 0.25) is 0 Å². The first-order valence-electron chi connectivity index (χ1n) is 10.4. The minimum Gasteiger partial charge on any atom is -0.376 e. The molecular weight excluding hydrogens is 416 g/mol. The van der Waals surface area contributed by atoms with Crippen LogP contribution in [0, 0.1) is 0 Å². The zero-order valence-corrected chi connectivity index (χ0v) is 18.5. The molecule has 1 saturated carbocycles. The normalized spacial score (nSPS) is 13.6. The van der Waals surface area contributed by atoms with Crippen LogP contribution in [-0.4, -0.2) is 50.2 Å². The summed E-state index contributed by atoms with van der Waals surface area (Å²) in [4.78, 5) is 24.9. The highest BCUT2D eigenvalue weighted by molar-refractivity contribution is 7.89. The standard InChI is InChI=1S/C22H28N4O4S/c1-3-26(4-2)31(29,30)18-13-11-16(12-14-18)24-21(27)15-23-20-8-6-5-7-19(20)22(28)25-17-9-10-17/h5-8,11-14,17,23H,3-4,9-10,15H2,1-2H3,(H,24,27)(H,25,28). The number of nitrogens with one attached hydrogen (secondary N) is 3. The monoisotopic (exact) mass is 444 g/mol. The van der Waals surface area contributed by atoms with E-state index in [1.165, 1.54) is 16.4 Å². The molecule has 2 aromatic carbocycles. The van der Waals surface area contributed by atoms with Gasteiger partial charge in [0, 0.05) is 30.5 Å². The van der Waals surface area contributed by atoms with Gasteiger partial charge in [-0.2, -0.15) is 4.31 Å². The lowest BCUT2D eigenvalue weighted by atomic mass is 10.1. The number of carbonyl (C=O) groups is 2. The highest BCUT2D eigenvalue weighted by atomic mass is 32.2. The van der Waals surface area contributed by atoms with Gasteiger partial charge in [0.25, 0.3) is 5.91 Å². The van der Waals surface area contributed by atoms with Gasteiger partial charge in [0.2, 0.25) is 15.9 Å². The van der Waals surface area contributed by atoms with E-state index in [0.717, 1.165) is 12.8 Å². The Kier molecular flexibility index (Phi) is 7.29. The minimum atomic E-state index is -3.54. The number of benzene rings is 2. The Morgan fingerprint density at radius 2 is 1.65 bits per heavy atom. The van der Waals surface area contributed by atoms with Gasteiger partial charge in [0.15, 0.2) is 0 Å². The number of amides is 2. The van der Waals surface area contributed by atoms with Gasteiger partial charge in [-0.15, -0.1) is 0 Å². The Balaban J connectivity index is 1.59. The van der Waals surface area contributed by atoms with E-state index in [2.05, 4.69) is 16.0 Å². The fraction of sp³-hybridized carbons (Fsp3) is 0.364. The number of sulfonamides is 1. The summed E-state index contributed by atoms with van der Waals surface area (Å²) in [5.74, 6) is -0.465. The molecule has 1 aliphatic carbocycles. The van der Waals surface area contributed by atoms with Crippen LogP contribution in [0.4, 0.5) is 11.4 Å². The van der Waals surface area contributed by atoms with E-state index in [1.54, 1.807) is 50.2 Å². The fourth-order valence-corrected chi connectivity index (χ4v) is 4.59.